The summed E-state index contributed by atoms with van der Waals surface area (Å²) in [7, 11) is -3.15. The molecule has 0 fully saturated rings. The first-order valence-electron chi connectivity index (χ1n) is 5.12. The number of anilines is 1. The Morgan fingerprint density at radius 3 is 2.65 bits per heavy atom. The van der Waals surface area contributed by atoms with E-state index in [2.05, 4.69) is 20.0 Å². The maximum absolute atomic E-state index is 10.8. The maximum atomic E-state index is 10.8. The van der Waals surface area contributed by atoms with Gasteiger partial charge in [-0.2, -0.15) is 0 Å². The van der Waals surface area contributed by atoms with Crippen LogP contribution < -0.4 is 10.0 Å². The van der Waals surface area contributed by atoms with Gasteiger partial charge in [0.15, 0.2) is 0 Å². The summed E-state index contributed by atoms with van der Waals surface area (Å²) >= 11 is 5.91. The van der Waals surface area contributed by atoms with E-state index in [1.807, 2.05) is 6.92 Å². The van der Waals surface area contributed by atoms with Crippen molar-refractivity contribution in [3.63, 3.8) is 0 Å². The fourth-order valence-electron chi connectivity index (χ4n) is 1.27. The highest BCUT2D eigenvalue weighted by Gasteiger charge is 2.07. The molecule has 0 atom stereocenters. The van der Waals surface area contributed by atoms with Crippen LogP contribution >= 0.6 is 11.6 Å². The van der Waals surface area contributed by atoms with Crippen molar-refractivity contribution in [2.45, 2.75) is 13.3 Å². The molecule has 0 amide bonds. The minimum atomic E-state index is -3.15. The molecule has 0 aromatic carbocycles. The van der Waals surface area contributed by atoms with Gasteiger partial charge in [0.1, 0.15) is 17.3 Å². The molecule has 1 heterocycles. The molecule has 0 saturated heterocycles. The Morgan fingerprint density at radius 2 is 2.06 bits per heavy atom. The molecule has 0 aliphatic rings. The second-order valence-electron chi connectivity index (χ2n) is 3.44. The zero-order chi connectivity index (χ0) is 12.9. The average Bonchev–Trinajstić information content (AvgIpc) is 2.23. The SMILES string of the molecule is CCc1c(Cl)ncnc1NCCNS(C)(=O)=O. The van der Waals surface area contributed by atoms with Gasteiger partial charge in [0.05, 0.1) is 6.26 Å². The number of hydrogen-bond acceptors (Lipinski definition) is 5. The van der Waals surface area contributed by atoms with Crippen LogP contribution in [0.15, 0.2) is 6.33 Å². The molecule has 8 heteroatoms. The normalized spacial score (nSPS) is 11.5. The lowest BCUT2D eigenvalue weighted by Crippen LogP contribution is -2.28. The number of aromatic nitrogens is 2. The monoisotopic (exact) mass is 278 g/mol. The van der Waals surface area contributed by atoms with E-state index in [9.17, 15) is 8.42 Å². The lowest BCUT2D eigenvalue weighted by molar-refractivity contribution is 0.589. The first-order valence-corrected chi connectivity index (χ1v) is 7.39. The highest BCUT2D eigenvalue weighted by atomic mass is 35.5. The fraction of sp³-hybridized carbons (Fsp3) is 0.556. The number of rotatable bonds is 6. The highest BCUT2D eigenvalue weighted by Crippen LogP contribution is 2.19. The van der Waals surface area contributed by atoms with Crippen molar-refractivity contribution in [3.05, 3.63) is 17.0 Å². The van der Waals surface area contributed by atoms with E-state index < -0.39 is 10.0 Å². The van der Waals surface area contributed by atoms with Crippen LogP contribution in [-0.2, 0) is 16.4 Å². The van der Waals surface area contributed by atoms with E-state index in [1.54, 1.807) is 0 Å². The van der Waals surface area contributed by atoms with Crippen molar-refractivity contribution >= 4 is 27.4 Å². The van der Waals surface area contributed by atoms with E-state index in [4.69, 9.17) is 11.6 Å². The molecule has 96 valence electrons. The van der Waals surface area contributed by atoms with Gasteiger partial charge in [0.25, 0.3) is 0 Å². The molecule has 1 rings (SSSR count). The summed E-state index contributed by atoms with van der Waals surface area (Å²) in [5.41, 5.74) is 0.827. The summed E-state index contributed by atoms with van der Waals surface area (Å²) in [4.78, 5) is 7.94. The summed E-state index contributed by atoms with van der Waals surface area (Å²) in [6.45, 7) is 2.68. The third-order valence-corrected chi connectivity index (χ3v) is 3.08. The summed E-state index contributed by atoms with van der Waals surface area (Å²) in [5, 5.41) is 3.43. The van der Waals surface area contributed by atoms with Crippen molar-refractivity contribution in [2.75, 3.05) is 24.7 Å². The third-order valence-electron chi connectivity index (χ3n) is 2.03. The predicted molar refractivity (Wildman–Crippen MR) is 67.8 cm³/mol. The molecule has 0 aliphatic heterocycles. The van der Waals surface area contributed by atoms with Crippen molar-refractivity contribution in [1.29, 1.82) is 0 Å². The van der Waals surface area contributed by atoms with Crippen LogP contribution in [0.5, 0.6) is 0 Å². The molecular weight excluding hydrogens is 264 g/mol. The van der Waals surface area contributed by atoms with Crippen LogP contribution in [0.4, 0.5) is 5.82 Å². The smallest absolute Gasteiger partial charge is 0.208 e. The van der Waals surface area contributed by atoms with Crippen LogP contribution in [-0.4, -0.2) is 37.7 Å². The van der Waals surface area contributed by atoms with Crippen molar-refractivity contribution in [1.82, 2.24) is 14.7 Å². The van der Waals surface area contributed by atoms with E-state index in [-0.39, 0.29) is 0 Å². The van der Waals surface area contributed by atoms with Crippen molar-refractivity contribution in [2.24, 2.45) is 0 Å². The van der Waals surface area contributed by atoms with Gasteiger partial charge < -0.3 is 5.32 Å². The first-order chi connectivity index (χ1) is 7.94. The summed E-state index contributed by atoms with van der Waals surface area (Å²) in [6.07, 6.45) is 3.20. The summed E-state index contributed by atoms with van der Waals surface area (Å²) in [6, 6.07) is 0. The van der Waals surface area contributed by atoms with Gasteiger partial charge in [-0.05, 0) is 6.42 Å². The van der Waals surface area contributed by atoms with Crippen LogP contribution in [0.3, 0.4) is 0 Å². The Balaban J connectivity index is 2.55. The van der Waals surface area contributed by atoms with Crippen LogP contribution in [0, 0.1) is 0 Å². The third kappa shape index (κ3) is 4.84. The topological polar surface area (TPSA) is 84.0 Å². The molecule has 0 saturated carbocycles. The predicted octanol–water partition coefficient (Wildman–Crippen LogP) is 0.654. The van der Waals surface area contributed by atoms with Crippen LogP contribution in [0.1, 0.15) is 12.5 Å². The van der Waals surface area contributed by atoms with E-state index >= 15 is 0 Å². The lowest BCUT2D eigenvalue weighted by atomic mass is 10.2. The number of hydrogen-bond donors (Lipinski definition) is 2. The molecule has 6 nitrogen and oxygen atoms in total. The van der Waals surface area contributed by atoms with Crippen molar-refractivity contribution in [3.8, 4) is 0 Å². The fourth-order valence-corrected chi connectivity index (χ4v) is 2.01. The molecule has 0 radical (unpaired) electrons. The standard InChI is InChI=1S/C9H15ClN4O2S/c1-3-7-8(10)12-6-13-9(7)11-4-5-14-17(2,15)16/h6,14H,3-5H2,1-2H3,(H,11,12,13). The minimum Gasteiger partial charge on any atom is -0.368 e. The number of halogens is 1. The minimum absolute atomic E-state index is 0.295. The average molecular weight is 279 g/mol. The van der Waals surface area contributed by atoms with Gasteiger partial charge in [-0.1, -0.05) is 18.5 Å². The van der Waals surface area contributed by atoms with Gasteiger partial charge in [-0.3, -0.25) is 0 Å². The van der Waals surface area contributed by atoms with Crippen LogP contribution in [0.25, 0.3) is 0 Å². The zero-order valence-electron chi connectivity index (χ0n) is 9.70. The Kier molecular flexibility index (Phi) is 5.10. The lowest BCUT2D eigenvalue weighted by Gasteiger charge is -2.10. The number of nitrogens with zero attached hydrogens (tertiary/aromatic N) is 2. The Hall–Kier alpha value is -0.920. The molecular formula is C9H15ClN4O2S. The van der Waals surface area contributed by atoms with E-state index in [0.29, 0.717) is 30.5 Å². The van der Waals surface area contributed by atoms with Gasteiger partial charge in [0, 0.05) is 18.7 Å². The summed E-state index contributed by atoms with van der Waals surface area (Å²) in [5.74, 6) is 0.641. The molecule has 0 unspecified atom stereocenters. The molecule has 17 heavy (non-hydrogen) atoms. The van der Waals surface area contributed by atoms with Crippen molar-refractivity contribution < 1.29 is 8.42 Å². The van der Waals surface area contributed by atoms with Gasteiger partial charge in [-0.25, -0.2) is 23.1 Å². The largest absolute Gasteiger partial charge is 0.368 e. The van der Waals surface area contributed by atoms with Gasteiger partial charge in [0.2, 0.25) is 10.0 Å². The summed E-state index contributed by atoms with van der Waals surface area (Å²) < 4.78 is 24.0. The highest BCUT2D eigenvalue weighted by molar-refractivity contribution is 7.88. The zero-order valence-corrected chi connectivity index (χ0v) is 11.3. The molecule has 1 aromatic rings. The Morgan fingerprint density at radius 1 is 1.35 bits per heavy atom. The molecule has 1 aromatic heterocycles. The van der Waals surface area contributed by atoms with Crippen LogP contribution in [0.2, 0.25) is 5.15 Å². The van der Waals surface area contributed by atoms with Gasteiger partial charge >= 0.3 is 0 Å². The Bertz CT molecular complexity index is 478. The molecule has 0 aliphatic carbocycles. The second-order valence-corrected chi connectivity index (χ2v) is 5.63. The van der Waals surface area contributed by atoms with E-state index in [1.165, 1.54) is 6.33 Å². The number of nitrogens with one attached hydrogen (secondary N) is 2. The first kappa shape index (κ1) is 14.1. The Labute approximate surface area is 106 Å². The second kappa shape index (κ2) is 6.13. The molecule has 2 N–H and O–H groups in total. The number of sulfonamides is 1. The van der Waals surface area contributed by atoms with Gasteiger partial charge in [-0.15, -0.1) is 0 Å². The quantitative estimate of drug-likeness (QED) is 0.590. The maximum Gasteiger partial charge on any atom is 0.208 e. The van der Waals surface area contributed by atoms with E-state index in [0.717, 1.165) is 11.8 Å². The molecule has 0 spiro atoms. The molecule has 0 bridgehead atoms.